The zero-order chi connectivity index (χ0) is 10.6. The van der Waals surface area contributed by atoms with Gasteiger partial charge in [-0.1, -0.05) is 20.8 Å². The minimum absolute atomic E-state index is 0.449. The third-order valence-corrected chi connectivity index (χ3v) is 2.12. The molecule has 0 saturated carbocycles. The molecule has 1 rings (SSSR count). The monoisotopic (exact) mass is 193 g/mol. The van der Waals surface area contributed by atoms with Crippen LogP contribution in [0.5, 0.6) is 5.75 Å². The van der Waals surface area contributed by atoms with Gasteiger partial charge in [-0.2, -0.15) is 0 Å². The van der Waals surface area contributed by atoms with Gasteiger partial charge in [0.2, 0.25) is 0 Å². The van der Waals surface area contributed by atoms with Crippen molar-refractivity contribution in [3.05, 3.63) is 23.8 Å². The van der Waals surface area contributed by atoms with Crippen LogP contribution >= 0.6 is 0 Å². The SMILES string of the molecule is CCCOc1ccc(N)cc1C(C)C. The van der Waals surface area contributed by atoms with E-state index < -0.39 is 0 Å². The van der Waals surface area contributed by atoms with Crippen molar-refractivity contribution in [3.8, 4) is 5.75 Å². The number of ether oxygens (including phenoxy) is 1. The second-order valence-corrected chi connectivity index (χ2v) is 3.80. The van der Waals surface area contributed by atoms with Gasteiger partial charge < -0.3 is 10.5 Å². The Morgan fingerprint density at radius 2 is 2.07 bits per heavy atom. The quantitative estimate of drug-likeness (QED) is 0.745. The van der Waals surface area contributed by atoms with Crippen LogP contribution in [0.4, 0.5) is 5.69 Å². The minimum atomic E-state index is 0.449. The molecule has 0 unspecified atom stereocenters. The van der Waals surface area contributed by atoms with Crippen LogP contribution in [0.2, 0.25) is 0 Å². The molecular formula is C12H19NO. The van der Waals surface area contributed by atoms with E-state index in [9.17, 15) is 0 Å². The van der Waals surface area contributed by atoms with Crippen LogP contribution in [0.15, 0.2) is 18.2 Å². The van der Waals surface area contributed by atoms with E-state index in [1.165, 1.54) is 5.56 Å². The Hall–Kier alpha value is -1.18. The lowest BCUT2D eigenvalue weighted by Crippen LogP contribution is -2.01. The lowest BCUT2D eigenvalue weighted by atomic mass is 10.0. The summed E-state index contributed by atoms with van der Waals surface area (Å²) in [4.78, 5) is 0. The molecule has 0 spiro atoms. The molecule has 14 heavy (non-hydrogen) atoms. The second-order valence-electron chi connectivity index (χ2n) is 3.80. The number of benzene rings is 1. The minimum Gasteiger partial charge on any atom is -0.493 e. The fourth-order valence-electron chi connectivity index (χ4n) is 1.36. The van der Waals surface area contributed by atoms with Crippen molar-refractivity contribution in [2.45, 2.75) is 33.1 Å². The number of nitrogens with two attached hydrogens (primary N) is 1. The van der Waals surface area contributed by atoms with Gasteiger partial charge in [-0.15, -0.1) is 0 Å². The standard InChI is InChI=1S/C12H19NO/c1-4-7-14-12-6-5-10(13)8-11(12)9(2)3/h5-6,8-9H,4,7,13H2,1-3H3. The average Bonchev–Trinajstić information content (AvgIpc) is 2.15. The Bertz CT molecular complexity index is 294. The molecule has 0 amide bonds. The topological polar surface area (TPSA) is 35.2 Å². The molecule has 0 aliphatic heterocycles. The summed E-state index contributed by atoms with van der Waals surface area (Å²) in [5.41, 5.74) is 7.73. The maximum atomic E-state index is 5.74. The highest BCUT2D eigenvalue weighted by Gasteiger charge is 2.07. The van der Waals surface area contributed by atoms with Gasteiger partial charge in [0.25, 0.3) is 0 Å². The molecule has 2 heteroatoms. The lowest BCUT2D eigenvalue weighted by molar-refractivity contribution is 0.313. The third kappa shape index (κ3) is 2.66. The van der Waals surface area contributed by atoms with E-state index in [1.807, 2.05) is 18.2 Å². The summed E-state index contributed by atoms with van der Waals surface area (Å²) in [5, 5.41) is 0. The van der Waals surface area contributed by atoms with Crippen molar-refractivity contribution in [1.29, 1.82) is 0 Å². The molecule has 78 valence electrons. The molecule has 1 aromatic rings. The molecule has 0 atom stereocenters. The van der Waals surface area contributed by atoms with Crippen LogP contribution in [0.25, 0.3) is 0 Å². The first-order chi connectivity index (χ1) is 6.65. The predicted molar refractivity (Wildman–Crippen MR) is 60.7 cm³/mol. The highest BCUT2D eigenvalue weighted by molar-refractivity contribution is 5.49. The van der Waals surface area contributed by atoms with E-state index in [4.69, 9.17) is 10.5 Å². The Morgan fingerprint density at radius 1 is 1.36 bits per heavy atom. The largest absolute Gasteiger partial charge is 0.493 e. The van der Waals surface area contributed by atoms with Crippen LogP contribution in [-0.4, -0.2) is 6.61 Å². The van der Waals surface area contributed by atoms with E-state index in [2.05, 4.69) is 20.8 Å². The number of nitrogen functional groups attached to an aromatic ring is 1. The number of anilines is 1. The highest BCUT2D eigenvalue weighted by Crippen LogP contribution is 2.28. The van der Waals surface area contributed by atoms with Gasteiger partial charge in [0.1, 0.15) is 5.75 Å². The fourth-order valence-corrected chi connectivity index (χ4v) is 1.36. The first kappa shape index (κ1) is 10.9. The first-order valence-corrected chi connectivity index (χ1v) is 5.17. The van der Waals surface area contributed by atoms with Crippen molar-refractivity contribution >= 4 is 5.69 Å². The highest BCUT2D eigenvalue weighted by atomic mass is 16.5. The summed E-state index contributed by atoms with van der Waals surface area (Å²) >= 11 is 0. The van der Waals surface area contributed by atoms with E-state index in [0.717, 1.165) is 24.5 Å². The molecule has 2 nitrogen and oxygen atoms in total. The van der Waals surface area contributed by atoms with Crippen molar-refractivity contribution in [3.63, 3.8) is 0 Å². The van der Waals surface area contributed by atoms with E-state index in [1.54, 1.807) is 0 Å². The summed E-state index contributed by atoms with van der Waals surface area (Å²) in [6, 6.07) is 5.84. The number of rotatable bonds is 4. The molecule has 2 N–H and O–H groups in total. The molecule has 0 bridgehead atoms. The van der Waals surface area contributed by atoms with Crippen LogP contribution < -0.4 is 10.5 Å². The molecule has 0 radical (unpaired) electrons. The van der Waals surface area contributed by atoms with Gasteiger partial charge in [-0.25, -0.2) is 0 Å². The van der Waals surface area contributed by atoms with Crippen LogP contribution in [0.1, 0.15) is 38.7 Å². The molecule has 0 aliphatic rings. The summed E-state index contributed by atoms with van der Waals surface area (Å²) in [6.45, 7) is 7.16. The fraction of sp³-hybridized carbons (Fsp3) is 0.500. The van der Waals surface area contributed by atoms with Crippen LogP contribution in [0.3, 0.4) is 0 Å². The first-order valence-electron chi connectivity index (χ1n) is 5.17. The lowest BCUT2D eigenvalue weighted by Gasteiger charge is -2.14. The normalized spacial score (nSPS) is 10.6. The number of hydrogen-bond donors (Lipinski definition) is 1. The molecule has 0 fully saturated rings. The van der Waals surface area contributed by atoms with Crippen LogP contribution in [0, 0.1) is 0 Å². The Morgan fingerprint density at radius 3 is 2.64 bits per heavy atom. The molecule has 0 aromatic heterocycles. The average molecular weight is 193 g/mol. The molecular weight excluding hydrogens is 174 g/mol. The summed E-state index contributed by atoms with van der Waals surface area (Å²) < 4.78 is 5.65. The molecule has 0 heterocycles. The summed E-state index contributed by atoms with van der Waals surface area (Å²) in [6.07, 6.45) is 1.03. The Balaban J connectivity index is 2.90. The van der Waals surface area contributed by atoms with Gasteiger partial charge in [0.15, 0.2) is 0 Å². The zero-order valence-corrected chi connectivity index (χ0v) is 9.21. The van der Waals surface area contributed by atoms with Crippen molar-refractivity contribution in [2.75, 3.05) is 12.3 Å². The Labute approximate surface area is 86.1 Å². The van der Waals surface area contributed by atoms with Gasteiger partial charge in [-0.3, -0.25) is 0 Å². The van der Waals surface area contributed by atoms with Crippen molar-refractivity contribution < 1.29 is 4.74 Å². The zero-order valence-electron chi connectivity index (χ0n) is 9.21. The van der Waals surface area contributed by atoms with Crippen molar-refractivity contribution in [2.24, 2.45) is 0 Å². The van der Waals surface area contributed by atoms with Crippen molar-refractivity contribution in [1.82, 2.24) is 0 Å². The smallest absolute Gasteiger partial charge is 0.122 e. The Kier molecular flexibility index (Phi) is 3.81. The van der Waals surface area contributed by atoms with E-state index >= 15 is 0 Å². The molecule has 0 aliphatic carbocycles. The molecule has 1 aromatic carbocycles. The maximum Gasteiger partial charge on any atom is 0.122 e. The summed E-state index contributed by atoms with van der Waals surface area (Å²) in [7, 11) is 0. The third-order valence-electron chi connectivity index (χ3n) is 2.12. The van der Waals surface area contributed by atoms with Crippen LogP contribution in [-0.2, 0) is 0 Å². The maximum absolute atomic E-state index is 5.74. The van der Waals surface area contributed by atoms with Gasteiger partial charge in [0, 0.05) is 5.69 Å². The predicted octanol–water partition coefficient (Wildman–Crippen LogP) is 3.18. The molecule has 0 saturated heterocycles. The summed E-state index contributed by atoms with van der Waals surface area (Å²) in [5.74, 6) is 1.42. The number of hydrogen-bond acceptors (Lipinski definition) is 2. The van der Waals surface area contributed by atoms with Gasteiger partial charge in [0.05, 0.1) is 6.61 Å². The van der Waals surface area contributed by atoms with Gasteiger partial charge in [-0.05, 0) is 36.1 Å². The van der Waals surface area contributed by atoms with E-state index in [-0.39, 0.29) is 0 Å². The second kappa shape index (κ2) is 4.89. The van der Waals surface area contributed by atoms with Gasteiger partial charge >= 0.3 is 0 Å². The van der Waals surface area contributed by atoms with E-state index in [0.29, 0.717) is 5.92 Å².